The van der Waals surface area contributed by atoms with Crippen molar-refractivity contribution in [2.75, 3.05) is 0 Å². The number of benzene rings is 1. The third-order valence-electron chi connectivity index (χ3n) is 4.79. The number of fused-ring (bicyclic) bond motifs is 1. The Morgan fingerprint density at radius 3 is 2.76 bits per heavy atom. The quantitative estimate of drug-likeness (QED) is 0.898. The van der Waals surface area contributed by atoms with Crippen LogP contribution >= 0.6 is 0 Å². The van der Waals surface area contributed by atoms with Crippen molar-refractivity contribution >= 4 is 0 Å². The maximum absolute atomic E-state index is 4.24. The van der Waals surface area contributed by atoms with Gasteiger partial charge in [0.05, 0.1) is 0 Å². The number of aromatic nitrogens is 1. The summed E-state index contributed by atoms with van der Waals surface area (Å²) in [6.45, 7) is 6.97. The van der Waals surface area contributed by atoms with Crippen molar-refractivity contribution in [1.29, 1.82) is 0 Å². The van der Waals surface area contributed by atoms with E-state index in [9.17, 15) is 0 Å². The van der Waals surface area contributed by atoms with E-state index in [2.05, 4.69) is 61.4 Å². The van der Waals surface area contributed by atoms with Crippen LogP contribution < -0.4 is 5.32 Å². The topological polar surface area (TPSA) is 24.9 Å². The molecule has 0 amide bonds. The molecule has 1 aliphatic rings. The molecule has 1 N–H and O–H groups in total. The molecule has 3 rings (SSSR count). The summed E-state index contributed by atoms with van der Waals surface area (Å²) in [6, 6.07) is 13.7. The summed E-state index contributed by atoms with van der Waals surface area (Å²) >= 11 is 0. The molecule has 0 saturated heterocycles. The molecule has 110 valence electrons. The van der Waals surface area contributed by atoms with E-state index >= 15 is 0 Å². The molecule has 1 aromatic carbocycles. The van der Waals surface area contributed by atoms with Gasteiger partial charge in [0, 0.05) is 24.5 Å². The summed E-state index contributed by atoms with van der Waals surface area (Å²) in [6.07, 6.45) is 6.19. The van der Waals surface area contributed by atoms with Gasteiger partial charge in [0.2, 0.25) is 0 Å². The van der Waals surface area contributed by atoms with Crippen LogP contribution in [0.5, 0.6) is 0 Å². The Labute approximate surface area is 127 Å². The minimum Gasteiger partial charge on any atom is -0.303 e. The van der Waals surface area contributed by atoms with Crippen LogP contribution in [-0.4, -0.2) is 4.98 Å². The van der Waals surface area contributed by atoms with E-state index < -0.39 is 0 Å². The lowest BCUT2D eigenvalue weighted by Gasteiger charge is -2.42. The second kappa shape index (κ2) is 5.61. The zero-order chi connectivity index (χ0) is 14.9. The summed E-state index contributed by atoms with van der Waals surface area (Å²) in [5.41, 5.74) is 4.47. The van der Waals surface area contributed by atoms with Crippen LogP contribution in [0.25, 0.3) is 0 Å². The number of hydrogen-bond donors (Lipinski definition) is 1. The normalized spacial score (nSPS) is 21.6. The van der Waals surface area contributed by atoms with Gasteiger partial charge in [0.1, 0.15) is 0 Å². The Morgan fingerprint density at radius 1 is 1.19 bits per heavy atom. The molecule has 0 bridgehead atoms. The number of nitrogens with one attached hydrogen (secondary N) is 1. The second-order valence-electron chi connectivity index (χ2n) is 6.80. The van der Waals surface area contributed by atoms with Gasteiger partial charge in [-0.1, -0.05) is 44.2 Å². The average molecular weight is 280 g/mol. The van der Waals surface area contributed by atoms with E-state index in [1.54, 1.807) is 0 Å². The summed E-state index contributed by atoms with van der Waals surface area (Å²) < 4.78 is 0. The van der Waals surface area contributed by atoms with Gasteiger partial charge in [-0.2, -0.15) is 0 Å². The smallest absolute Gasteiger partial charge is 0.0379 e. The Kier molecular flexibility index (Phi) is 3.81. The lowest BCUT2D eigenvalue weighted by Crippen LogP contribution is -2.39. The molecule has 2 aromatic rings. The fraction of sp³-hybridized carbons (Fsp3) is 0.421. The first kappa shape index (κ1) is 14.3. The third-order valence-corrected chi connectivity index (χ3v) is 4.79. The van der Waals surface area contributed by atoms with Gasteiger partial charge in [0.15, 0.2) is 0 Å². The van der Waals surface area contributed by atoms with E-state index in [0.29, 0.717) is 12.1 Å². The van der Waals surface area contributed by atoms with Crippen molar-refractivity contribution in [3.63, 3.8) is 0 Å². The molecule has 0 radical (unpaired) electrons. The Bertz CT molecular complexity index is 604. The number of nitrogens with zero attached hydrogens (tertiary/aromatic N) is 1. The van der Waals surface area contributed by atoms with Crippen molar-refractivity contribution in [1.82, 2.24) is 10.3 Å². The molecule has 2 unspecified atom stereocenters. The molecule has 21 heavy (non-hydrogen) atoms. The third kappa shape index (κ3) is 2.86. The van der Waals surface area contributed by atoms with Gasteiger partial charge >= 0.3 is 0 Å². The maximum Gasteiger partial charge on any atom is 0.0379 e. The Hall–Kier alpha value is -1.67. The second-order valence-corrected chi connectivity index (χ2v) is 6.80. The van der Waals surface area contributed by atoms with Crippen LogP contribution in [0.1, 0.15) is 56.0 Å². The van der Waals surface area contributed by atoms with Crippen molar-refractivity contribution < 1.29 is 0 Å². The molecule has 2 nitrogen and oxygen atoms in total. The first-order chi connectivity index (χ1) is 10.1. The van der Waals surface area contributed by atoms with Gasteiger partial charge in [-0.05, 0) is 47.9 Å². The van der Waals surface area contributed by atoms with E-state index in [1.165, 1.54) is 29.5 Å². The highest BCUT2D eigenvalue weighted by Crippen LogP contribution is 2.44. The van der Waals surface area contributed by atoms with Crippen LogP contribution in [0, 0.1) is 5.41 Å². The molecule has 0 spiro atoms. The Morgan fingerprint density at radius 2 is 2.00 bits per heavy atom. The highest BCUT2D eigenvalue weighted by molar-refractivity contribution is 5.34. The van der Waals surface area contributed by atoms with Crippen LogP contribution in [0.15, 0.2) is 48.8 Å². The Balaban J connectivity index is 1.89. The molecule has 1 aromatic heterocycles. The molecule has 0 fully saturated rings. The predicted octanol–water partition coefficient (Wildman–Crippen LogP) is 4.45. The predicted molar refractivity (Wildman–Crippen MR) is 87.1 cm³/mol. The van der Waals surface area contributed by atoms with Crippen molar-refractivity contribution in [2.24, 2.45) is 5.41 Å². The number of aryl methyl sites for hydroxylation is 1. The SMILES string of the molecule is CC(NC1c2ccccc2CCC1(C)C)c1cccnc1. The van der Waals surface area contributed by atoms with Gasteiger partial charge in [-0.15, -0.1) is 0 Å². The number of rotatable bonds is 3. The summed E-state index contributed by atoms with van der Waals surface area (Å²) in [4.78, 5) is 4.24. The lowest BCUT2D eigenvalue weighted by atomic mass is 9.70. The van der Waals surface area contributed by atoms with Gasteiger partial charge in [0.25, 0.3) is 0 Å². The molecular weight excluding hydrogens is 256 g/mol. The van der Waals surface area contributed by atoms with Crippen LogP contribution in [0.3, 0.4) is 0 Å². The number of pyridine rings is 1. The van der Waals surface area contributed by atoms with Crippen LogP contribution in [0.2, 0.25) is 0 Å². The maximum atomic E-state index is 4.24. The van der Waals surface area contributed by atoms with Crippen molar-refractivity contribution in [3.8, 4) is 0 Å². The van der Waals surface area contributed by atoms with E-state index in [4.69, 9.17) is 0 Å². The van der Waals surface area contributed by atoms with Gasteiger partial charge in [-0.25, -0.2) is 0 Å². The molecule has 1 heterocycles. The zero-order valence-corrected chi connectivity index (χ0v) is 13.1. The van der Waals surface area contributed by atoms with E-state index in [-0.39, 0.29) is 5.41 Å². The molecule has 1 aliphatic carbocycles. The summed E-state index contributed by atoms with van der Waals surface area (Å²) in [5, 5.41) is 3.84. The highest BCUT2D eigenvalue weighted by atomic mass is 15.0. The summed E-state index contributed by atoms with van der Waals surface area (Å²) in [7, 11) is 0. The van der Waals surface area contributed by atoms with E-state index in [0.717, 1.165) is 0 Å². The minimum atomic E-state index is 0.269. The summed E-state index contributed by atoms with van der Waals surface area (Å²) in [5.74, 6) is 0. The molecular formula is C19H24N2. The lowest BCUT2D eigenvalue weighted by molar-refractivity contribution is 0.196. The monoisotopic (exact) mass is 280 g/mol. The van der Waals surface area contributed by atoms with Crippen LogP contribution in [0.4, 0.5) is 0 Å². The highest BCUT2D eigenvalue weighted by Gasteiger charge is 2.36. The fourth-order valence-corrected chi connectivity index (χ4v) is 3.36. The fourth-order valence-electron chi connectivity index (χ4n) is 3.36. The van der Waals surface area contributed by atoms with Crippen LogP contribution in [-0.2, 0) is 6.42 Å². The minimum absolute atomic E-state index is 0.269. The zero-order valence-electron chi connectivity index (χ0n) is 13.1. The van der Waals surface area contributed by atoms with Crippen molar-refractivity contribution in [2.45, 2.75) is 45.7 Å². The largest absolute Gasteiger partial charge is 0.303 e. The average Bonchev–Trinajstić information content (AvgIpc) is 2.51. The van der Waals surface area contributed by atoms with Crippen molar-refractivity contribution in [3.05, 3.63) is 65.5 Å². The molecule has 0 aliphatic heterocycles. The first-order valence-corrected chi connectivity index (χ1v) is 7.82. The number of hydrogen-bond acceptors (Lipinski definition) is 2. The standard InChI is InChI=1S/C19H24N2/c1-14(16-8-6-12-20-13-16)21-18-17-9-5-4-7-15(17)10-11-19(18,2)3/h4-9,12-14,18,21H,10-11H2,1-3H3. The molecule has 2 atom stereocenters. The van der Waals surface area contributed by atoms with Gasteiger partial charge < -0.3 is 5.32 Å². The first-order valence-electron chi connectivity index (χ1n) is 7.82. The molecule has 2 heteroatoms. The van der Waals surface area contributed by atoms with E-state index in [1.807, 2.05) is 18.5 Å². The molecule has 0 saturated carbocycles. The van der Waals surface area contributed by atoms with Gasteiger partial charge in [-0.3, -0.25) is 4.98 Å².